The lowest BCUT2D eigenvalue weighted by Crippen LogP contribution is -2.14. The first-order valence-corrected chi connectivity index (χ1v) is 7.32. The largest absolute Gasteiger partial charge is 0.366 e. The van der Waals surface area contributed by atoms with E-state index >= 15 is 0 Å². The third kappa shape index (κ3) is 3.78. The zero-order valence-corrected chi connectivity index (χ0v) is 12.5. The summed E-state index contributed by atoms with van der Waals surface area (Å²) in [6.45, 7) is 0.485. The Balaban J connectivity index is 2.11. The third-order valence-electron chi connectivity index (χ3n) is 2.64. The normalized spacial score (nSPS) is 10.4. The smallest absolute Gasteiger partial charge is 0.275 e. The Kier molecular flexibility index (Phi) is 4.89. The Morgan fingerprint density at radius 1 is 1.38 bits per heavy atom. The van der Waals surface area contributed by atoms with Crippen molar-refractivity contribution in [3.05, 3.63) is 44.9 Å². The summed E-state index contributed by atoms with van der Waals surface area (Å²) in [6, 6.07) is 4.48. The van der Waals surface area contributed by atoms with Crippen LogP contribution in [0.15, 0.2) is 23.6 Å². The standard InChI is InChI=1S/C13H13ClN4O2S/c14-9-5-7(1-2-8(9)12(16)19)17-13(20)10-6-21-11(18-10)3-4-15/h1-2,5-6H,3-4,15H2,(H2,16,19)(H,17,20). The number of anilines is 1. The highest BCUT2D eigenvalue weighted by molar-refractivity contribution is 7.09. The number of nitrogens with zero attached hydrogens (tertiary/aromatic N) is 1. The predicted molar refractivity (Wildman–Crippen MR) is 82.8 cm³/mol. The van der Waals surface area contributed by atoms with Crippen LogP contribution in [0.1, 0.15) is 25.9 Å². The summed E-state index contributed by atoms with van der Waals surface area (Å²) < 4.78 is 0. The van der Waals surface area contributed by atoms with Gasteiger partial charge in [-0.3, -0.25) is 9.59 Å². The second-order valence-corrected chi connectivity index (χ2v) is 5.53. The molecule has 0 bridgehead atoms. The second-order valence-electron chi connectivity index (χ2n) is 4.18. The number of thiazole rings is 1. The Morgan fingerprint density at radius 3 is 2.76 bits per heavy atom. The van der Waals surface area contributed by atoms with Crippen molar-refractivity contribution in [2.24, 2.45) is 11.5 Å². The minimum Gasteiger partial charge on any atom is -0.366 e. The quantitative estimate of drug-likeness (QED) is 0.776. The molecule has 0 aliphatic rings. The fourth-order valence-corrected chi connectivity index (χ4v) is 2.71. The molecule has 0 aliphatic heterocycles. The van der Waals surface area contributed by atoms with E-state index in [1.807, 2.05) is 0 Å². The van der Waals surface area contributed by atoms with E-state index in [-0.39, 0.29) is 16.5 Å². The van der Waals surface area contributed by atoms with Crippen LogP contribution in [0.5, 0.6) is 0 Å². The van der Waals surface area contributed by atoms with Gasteiger partial charge in [0.1, 0.15) is 5.69 Å². The summed E-state index contributed by atoms with van der Waals surface area (Å²) in [5, 5.41) is 5.32. The molecule has 110 valence electrons. The molecule has 0 fully saturated rings. The van der Waals surface area contributed by atoms with Gasteiger partial charge in [-0.05, 0) is 24.7 Å². The van der Waals surface area contributed by atoms with Gasteiger partial charge in [0.25, 0.3) is 5.91 Å². The van der Waals surface area contributed by atoms with Crippen LogP contribution in [0.25, 0.3) is 0 Å². The van der Waals surface area contributed by atoms with Gasteiger partial charge in [0.2, 0.25) is 5.91 Å². The molecule has 0 aliphatic carbocycles. The highest BCUT2D eigenvalue weighted by atomic mass is 35.5. The van der Waals surface area contributed by atoms with Crippen molar-refractivity contribution in [3.63, 3.8) is 0 Å². The van der Waals surface area contributed by atoms with Crippen LogP contribution in [0, 0.1) is 0 Å². The van der Waals surface area contributed by atoms with Gasteiger partial charge < -0.3 is 16.8 Å². The third-order valence-corrected chi connectivity index (χ3v) is 3.86. The molecule has 2 aromatic rings. The Morgan fingerprint density at radius 2 is 2.14 bits per heavy atom. The molecular weight excluding hydrogens is 312 g/mol. The van der Waals surface area contributed by atoms with Gasteiger partial charge >= 0.3 is 0 Å². The molecule has 1 heterocycles. The lowest BCUT2D eigenvalue weighted by atomic mass is 10.2. The van der Waals surface area contributed by atoms with Crippen LogP contribution in [-0.2, 0) is 6.42 Å². The van der Waals surface area contributed by atoms with Crippen LogP contribution >= 0.6 is 22.9 Å². The van der Waals surface area contributed by atoms with Gasteiger partial charge in [0.15, 0.2) is 0 Å². The number of hydrogen-bond acceptors (Lipinski definition) is 5. The molecule has 8 heteroatoms. The molecular formula is C13H13ClN4O2S. The van der Waals surface area contributed by atoms with Gasteiger partial charge in [-0.15, -0.1) is 11.3 Å². The van der Waals surface area contributed by atoms with Gasteiger partial charge in [-0.2, -0.15) is 0 Å². The molecule has 5 N–H and O–H groups in total. The van der Waals surface area contributed by atoms with Crippen molar-refractivity contribution in [2.45, 2.75) is 6.42 Å². The number of aromatic nitrogens is 1. The molecule has 0 saturated heterocycles. The first-order valence-electron chi connectivity index (χ1n) is 6.06. The summed E-state index contributed by atoms with van der Waals surface area (Å²) in [6.07, 6.45) is 0.636. The van der Waals surface area contributed by atoms with E-state index in [4.69, 9.17) is 23.1 Å². The van der Waals surface area contributed by atoms with E-state index in [1.165, 1.54) is 23.5 Å². The van der Waals surface area contributed by atoms with Crippen molar-refractivity contribution < 1.29 is 9.59 Å². The number of nitrogens with one attached hydrogen (secondary N) is 1. The Bertz CT molecular complexity index is 687. The minimum absolute atomic E-state index is 0.183. The molecule has 21 heavy (non-hydrogen) atoms. The average Bonchev–Trinajstić information content (AvgIpc) is 2.87. The molecule has 0 radical (unpaired) electrons. The SMILES string of the molecule is NCCc1nc(C(=O)Nc2ccc(C(N)=O)c(Cl)c2)cs1. The Hall–Kier alpha value is -1.96. The number of nitrogens with two attached hydrogens (primary N) is 2. The minimum atomic E-state index is -0.621. The molecule has 0 saturated carbocycles. The zero-order chi connectivity index (χ0) is 15.4. The predicted octanol–water partition coefficient (Wildman–Crippen LogP) is 1.65. The van der Waals surface area contributed by atoms with Crippen molar-refractivity contribution in [1.82, 2.24) is 4.98 Å². The molecule has 2 rings (SSSR count). The van der Waals surface area contributed by atoms with E-state index in [2.05, 4.69) is 10.3 Å². The maximum atomic E-state index is 12.0. The van der Waals surface area contributed by atoms with Crippen molar-refractivity contribution in [1.29, 1.82) is 0 Å². The van der Waals surface area contributed by atoms with Gasteiger partial charge in [0, 0.05) is 17.5 Å². The molecule has 0 atom stereocenters. The average molecular weight is 325 g/mol. The van der Waals surface area contributed by atoms with Crippen LogP contribution in [0.4, 0.5) is 5.69 Å². The Labute approximate surface area is 130 Å². The fraction of sp³-hybridized carbons (Fsp3) is 0.154. The van der Waals surface area contributed by atoms with Gasteiger partial charge in [-0.25, -0.2) is 4.98 Å². The maximum absolute atomic E-state index is 12.0. The number of carbonyl (C=O) groups is 2. The van der Waals surface area contributed by atoms with Crippen LogP contribution in [-0.4, -0.2) is 23.3 Å². The van der Waals surface area contributed by atoms with Crippen molar-refractivity contribution in [3.8, 4) is 0 Å². The first kappa shape index (κ1) is 15.4. The number of benzene rings is 1. The van der Waals surface area contributed by atoms with Gasteiger partial charge in [0.05, 0.1) is 15.6 Å². The number of amides is 2. The zero-order valence-electron chi connectivity index (χ0n) is 10.9. The molecule has 1 aromatic heterocycles. The number of rotatable bonds is 5. The van der Waals surface area contributed by atoms with Crippen LogP contribution < -0.4 is 16.8 Å². The van der Waals surface area contributed by atoms with Crippen LogP contribution in [0.2, 0.25) is 5.02 Å². The monoisotopic (exact) mass is 324 g/mol. The molecule has 0 unspecified atom stereocenters. The lowest BCUT2D eigenvalue weighted by molar-refractivity contribution is 0.0998. The summed E-state index contributed by atoms with van der Waals surface area (Å²) in [7, 11) is 0. The topological polar surface area (TPSA) is 111 Å². The van der Waals surface area contributed by atoms with Crippen molar-refractivity contribution >= 4 is 40.4 Å². The van der Waals surface area contributed by atoms with E-state index in [1.54, 1.807) is 11.4 Å². The number of hydrogen-bond donors (Lipinski definition) is 3. The second kappa shape index (κ2) is 6.66. The van der Waals surface area contributed by atoms with E-state index < -0.39 is 5.91 Å². The molecule has 2 amide bonds. The number of carbonyl (C=O) groups excluding carboxylic acids is 2. The molecule has 6 nitrogen and oxygen atoms in total. The number of primary amides is 1. The summed E-state index contributed by atoms with van der Waals surface area (Å²) in [5.74, 6) is -0.971. The van der Waals surface area contributed by atoms with Crippen LogP contribution in [0.3, 0.4) is 0 Å². The highest BCUT2D eigenvalue weighted by Crippen LogP contribution is 2.21. The molecule has 1 aromatic carbocycles. The molecule has 0 spiro atoms. The van der Waals surface area contributed by atoms with Gasteiger partial charge in [-0.1, -0.05) is 11.6 Å². The summed E-state index contributed by atoms with van der Waals surface area (Å²) in [4.78, 5) is 27.3. The first-order chi connectivity index (χ1) is 10.0. The van der Waals surface area contributed by atoms with E-state index in [0.29, 0.717) is 24.3 Å². The lowest BCUT2D eigenvalue weighted by Gasteiger charge is -2.05. The maximum Gasteiger partial charge on any atom is 0.275 e. The van der Waals surface area contributed by atoms with E-state index in [0.717, 1.165) is 5.01 Å². The number of halogens is 1. The summed E-state index contributed by atoms with van der Waals surface area (Å²) in [5.41, 5.74) is 11.6. The highest BCUT2D eigenvalue weighted by Gasteiger charge is 2.12. The fourth-order valence-electron chi connectivity index (χ4n) is 1.64. The van der Waals surface area contributed by atoms with Crippen molar-refractivity contribution in [2.75, 3.05) is 11.9 Å². The van der Waals surface area contributed by atoms with E-state index in [9.17, 15) is 9.59 Å². The summed E-state index contributed by atoms with van der Waals surface area (Å²) >= 11 is 7.30.